The van der Waals surface area contributed by atoms with Gasteiger partial charge in [0, 0.05) is 5.69 Å². The van der Waals surface area contributed by atoms with Crippen molar-refractivity contribution in [3.8, 4) is 11.5 Å². The second-order valence-electron chi connectivity index (χ2n) is 7.46. The van der Waals surface area contributed by atoms with Gasteiger partial charge in [0.2, 0.25) is 0 Å². The highest BCUT2D eigenvalue weighted by atomic mass is 16.6. The minimum Gasteiger partial charge on any atom is -0.482 e. The molecule has 0 bridgehead atoms. The lowest BCUT2D eigenvalue weighted by Crippen LogP contribution is -2.14. The Morgan fingerprint density at radius 1 is 0.686 bits per heavy atom. The van der Waals surface area contributed by atoms with Crippen LogP contribution in [0.4, 0.5) is 5.69 Å². The molecule has 3 aromatic carbocycles. The summed E-state index contributed by atoms with van der Waals surface area (Å²) in [6.45, 7) is 3.84. The lowest BCUT2D eigenvalue weighted by atomic mass is 9.95. The minimum absolute atomic E-state index is 0.144. The molecule has 0 saturated heterocycles. The third-order valence-corrected chi connectivity index (χ3v) is 4.90. The van der Waals surface area contributed by atoms with Crippen molar-refractivity contribution in [2.75, 3.05) is 32.2 Å². The molecule has 0 unspecified atom stereocenters. The first-order chi connectivity index (χ1) is 17.0. The average Bonchev–Trinajstić information content (AvgIpc) is 2.87. The molecule has 0 spiro atoms. The maximum atomic E-state index is 11.5. The van der Waals surface area contributed by atoms with Crippen LogP contribution in [0.1, 0.15) is 30.5 Å². The first-order valence-corrected chi connectivity index (χ1v) is 11.3. The highest BCUT2D eigenvalue weighted by Gasteiger charge is 2.09. The molecule has 0 radical (unpaired) electrons. The minimum atomic E-state index is -0.411. The second kappa shape index (κ2) is 12.8. The Labute approximate surface area is 205 Å². The number of carbonyl (C=O) groups excluding carboxylic acids is 2. The lowest BCUT2D eigenvalue weighted by molar-refractivity contribution is -0.146. The number of ether oxygens (including phenoxy) is 4. The Bertz CT molecular complexity index is 1070. The molecule has 35 heavy (non-hydrogen) atoms. The van der Waals surface area contributed by atoms with Crippen LogP contribution >= 0.6 is 0 Å². The molecule has 3 rings (SSSR count). The van der Waals surface area contributed by atoms with Gasteiger partial charge in [-0.15, -0.1) is 0 Å². The van der Waals surface area contributed by atoms with Gasteiger partial charge in [0.25, 0.3) is 0 Å². The van der Waals surface area contributed by atoms with E-state index < -0.39 is 11.9 Å². The Kier molecular flexibility index (Phi) is 9.31. The van der Waals surface area contributed by atoms with Crippen LogP contribution in [-0.2, 0) is 19.1 Å². The summed E-state index contributed by atoms with van der Waals surface area (Å²) in [5, 5.41) is 0. The number of rotatable bonds is 11. The van der Waals surface area contributed by atoms with Gasteiger partial charge in [-0.3, -0.25) is 0 Å². The number of benzene rings is 3. The Morgan fingerprint density at radius 2 is 1.11 bits per heavy atom. The van der Waals surface area contributed by atoms with E-state index in [-0.39, 0.29) is 13.2 Å². The summed E-state index contributed by atoms with van der Waals surface area (Å²) in [7, 11) is 0. The van der Waals surface area contributed by atoms with Gasteiger partial charge in [0.15, 0.2) is 13.2 Å². The van der Waals surface area contributed by atoms with Crippen molar-refractivity contribution in [1.82, 2.24) is 0 Å². The van der Waals surface area contributed by atoms with Crippen molar-refractivity contribution in [1.29, 1.82) is 0 Å². The van der Waals surface area contributed by atoms with E-state index in [0.717, 1.165) is 22.3 Å². The summed E-state index contributed by atoms with van der Waals surface area (Å²) in [5.41, 5.74) is 10.4. The predicted molar refractivity (Wildman–Crippen MR) is 135 cm³/mol. The maximum Gasteiger partial charge on any atom is 0.344 e. The Balaban J connectivity index is 1.83. The fraction of sp³-hybridized carbons (Fsp3) is 0.214. The quantitative estimate of drug-likeness (QED) is 0.243. The van der Waals surface area contributed by atoms with Gasteiger partial charge in [-0.05, 0) is 78.6 Å². The van der Waals surface area contributed by atoms with E-state index in [1.54, 1.807) is 13.8 Å². The normalized spacial score (nSPS) is 10.2. The Morgan fingerprint density at radius 3 is 1.51 bits per heavy atom. The third kappa shape index (κ3) is 7.92. The zero-order valence-electron chi connectivity index (χ0n) is 19.9. The molecule has 0 aromatic heterocycles. The molecule has 0 aliphatic rings. The molecule has 0 fully saturated rings. The van der Waals surface area contributed by atoms with Crippen molar-refractivity contribution in [3.63, 3.8) is 0 Å². The summed E-state index contributed by atoms with van der Waals surface area (Å²) in [5.74, 6) is 0.309. The van der Waals surface area contributed by atoms with Crippen molar-refractivity contribution >= 4 is 29.3 Å². The standard InChI is InChI=1S/C28H29NO6/c1-3-32-27(30)18-34-24-13-7-21(8-14-24)26(17-20-5-11-23(29)12-6-20)22-9-15-25(16-10-22)35-19-28(31)33-4-2/h5-17H,3-4,18-19,29H2,1-2H3. The fourth-order valence-corrected chi connectivity index (χ4v) is 3.24. The second-order valence-corrected chi connectivity index (χ2v) is 7.46. The van der Waals surface area contributed by atoms with Gasteiger partial charge in [0.05, 0.1) is 13.2 Å². The van der Waals surface area contributed by atoms with Gasteiger partial charge < -0.3 is 24.7 Å². The highest BCUT2D eigenvalue weighted by Crippen LogP contribution is 2.29. The largest absolute Gasteiger partial charge is 0.482 e. The van der Waals surface area contributed by atoms with Crippen LogP contribution in [-0.4, -0.2) is 38.4 Å². The summed E-state index contributed by atoms with van der Waals surface area (Å²) in [6.07, 6.45) is 2.06. The number of hydrogen-bond acceptors (Lipinski definition) is 7. The molecule has 0 aliphatic heterocycles. The predicted octanol–water partition coefficient (Wildman–Crippen LogP) is 4.74. The Hall–Kier alpha value is -4.26. The van der Waals surface area contributed by atoms with Crippen molar-refractivity contribution < 1.29 is 28.5 Å². The van der Waals surface area contributed by atoms with E-state index >= 15 is 0 Å². The van der Waals surface area contributed by atoms with Crippen LogP contribution in [0.5, 0.6) is 11.5 Å². The third-order valence-electron chi connectivity index (χ3n) is 4.90. The fourth-order valence-electron chi connectivity index (χ4n) is 3.24. The number of nitrogens with two attached hydrogens (primary N) is 1. The monoisotopic (exact) mass is 475 g/mol. The van der Waals surface area contributed by atoms with E-state index in [2.05, 4.69) is 6.08 Å². The van der Waals surface area contributed by atoms with Gasteiger partial charge in [-0.25, -0.2) is 9.59 Å². The molecule has 7 nitrogen and oxygen atoms in total. The molecule has 2 N–H and O–H groups in total. The molecule has 3 aromatic rings. The first-order valence-electron chi connectivity index (χ1n) is 11.3. The topological polar surface area (TPSA) is 97.1 Å². The molecule has 182 valence electrons. The van der Waals surface area contributed by atoms with Crippen LogP contribution in [0.3, 0.4) is 0 Å². The molecule has 7 heteroatoms. The van der Waals surface area contributed by atoms with Gasteiger partial charge in [0.1, 0.15) is 11.5 Å². The van der Waals surface area contributed by atoms with Crippen LogP contribution in [0.15, 0.2) is 72.8 Å². The molecule has 0 amide bonds. The van der Waals surface area contributed by atoms with Crippen LogP contribution in [0.25, 0.3) is 11.6 Å². The summed E-state index contributed by atoms with van der Waals surface area (Å²) in [6, 6.07) is 22.5. The van der Waals surface area contributed by atoms with E-state index in [4.69, 9.17) is 24.7 Å². The summed E-state index contributed by atoms with van der Waals surface area (Å²) >= 11 is 0. The summed E-state index contributed by atoms with van der Waals surface area (Å²) in [4.78, 5) is 23.1. The van der Waals surface area contributed by atoms with Crippen LogP contribution < -0.4 is 15.2 Å². The highest BCUT2D eigenvalue weighted by molar-refractivity contribution is 5.91. The zero-order valence-corrected chi connectivity index (χ0v) is 19.9. The van der Waals surface area contributed by atoms with E-state index in [1.165, 1.54) is 0 Å². The molecule has 0 heterocycles. The number of hydrogen-bond donors (Lipinski definition) is 1. The number of carbonyl (C=O) groups is 2. The van der Waals surface area contributed by atoms with Crippen LogP contribution in [0, 0.1) is 0 Å². The van der Waals surface area contributed by atoms with Crippen molar-refractivity contribution in [2.45, 2.75) is 13.8 Å². The SMILES string of the molecule is CCOC(=O)COc1ccc(C(=Cc2ccc(N)cc2)c2ccc(OCC(=O)OCC)cc2)cc1. The zero-order chi connectivity index (χ0) is 25.0. The molecule has 0 saturated carbocycles. The summed E-state index contributed by atoms with van der Waals surface area (Å²) < 4.78 is 20.8. The molecular weight excluding hydrogens is 446 g/mol. The van der Waals surface area contributed by atoms with E-state index in [9.17, 15) is 9.59 Å². The van der Waals surface area contributed by atoms with Crippen molar-refractivity contribution in [3.05, 3.63) is 89.5 Å². The number of anilines is 1. The molecule has 0 atom stereocenters. The van der Waals surface area contributed by atoms with Crippen LogP contribution in [0.2, 0.25) is 0 Å². The molecular formula is C28H29NO6. The first kappa shape index (κ1) is 25.4. The number of esters is 2. The van der Waals surface area contributed by atoms with E-state index in [1.807, 2.05) is 72.8 Å². The number of nitrogen functional groups attached to an aromatic ring is 1. The smallest absolute Gasteiger partial charge is 0.344 e. The maximum absolute atomic E-state index is 11.5. The van der Waals surface area contributed by atoms with Crippen molar-refractivity contribution in [2.24, 2.45) is 0 Å². The average molecular weight is 476 g/mol. The lowest BCUT2D eigenvalue weighted by Gasteiger charge is -2.12. The van der Waals surface area contributed by atoms with E-state index in [0.29, 0.717) is 30.4 Å². The van der Waals surface area contributed by atoms with Gasteiger partial charge in [-0.2, -0.15) is 0 Å². The molecule has 0 aliphatic carbocycles. The van der Waals surface area contributed by atoms with Gasteiger partial charge in [-0.1, -0.05) is 36.4 Å². The van der Waals surface area contributed by atoms with Gasteiger partial charge >= 0.3 is 11.9 Å².